The summed E-state index contributed by atoms with van der Waals surface area (Å²) in [5.41, 5.74) is 7.37. The van der Waals surface area contributed by atoms with Gasteiger partial charge < -0.3 is 19.9 Å². The van der Waals surface area contributed by atoms with Crippen LogP contribution in [0.3, 0.4) is 0 Å². The second kappa shape index (κ2) is 7.28. The van der Waals surface area contributed by atoms with E-state index in [1.165, 1.54) is 11.3 Å². The molecule has 104 valence electrons. The Morgan fingerprint density at radius 2 is 2.11 bits per heavy atom. The van der Waals surface area contributed by atoms with Crippen LogP contribution >= 0.6 is 11.3 Å². The first-order chi connectivity index (χ1) is 9.29. The predicted molar refractivity (Wildman–Crippen MR) is 76.8 cm³/mol. The highest BCUT2D eigenvalue weighted by Gasteiger charge is 2.04. The van der Waals surface area contributed by atoms with E-state index in [0.29, 0.717) is 25.0 Å². The van der Waals surface area contributed by atoms with Gasteiger partial charge in [0.1, 0.15) is 6.61 Å². The van der Waals surface area contributed by atoms with Gasteiger partial charge >= 0.3 is 0 Å². The molecule has 0 saturated heterocycles. The van der Waals surface area contributed by atoms with E-state index in [1.807, 2.05) is 18.2 Å². The normalized spacial score (nSPS) is 11.0. The molecular weight excluding hydrogens is 264 g/mol. The van der Waals surface area contributed by atoms with Crippen molar-refractivity contribution in [2.45, 2.75) is 6.42 Å². The maximum atomic E-state index is 5.72. The number of hydrogen-bond donors (Lipinski definition) is 1. The van der Waals surface area contributed by atoms with Crippen LogP contribution in [-0.4, -0.2) is 38.5 Å². The van der Waals surface area contributed by atoms with Gasteiger partial charge in [0.25, 0.3) is 5.19 Å². The fraction of sp³-hybridized carbons (Fsp3) is 0.462. The molecule has 6 heteroatoms. The number of aromatic nitrogens is 1. The number of nitrogen functional groups attached to an aromatic ring is 1. The molecule has 0 unspecified atom stereocenters. The molecule has 0 spiro atoms. The molecule has 2 aromatic rings. The van der Waals surface area contributed by atoms with Crippen molar-refractivity contribution in [1.29, 1.82) is 0 Å². The minimum atomic E-state index is 0.502. The topological polar surface area (TPSA) is 66.6 Å². The summed E-state index contributed by atoms with van der Waals surface area (Å²) in [5.74, 6) is 0. The third kappa shape index (κ3) is 4.34. The molecule has 0 saturated carbocycles. The fourth-order valence-corrected chi connectivity index (χ4v) is 2.46. The lowest BCUT2D eigenvalue weighted by molar-refractivity contribution is 0.0806. The molecule has 1 aromatic heterocycles. The molecule has 0 radical (unpaired) electrons. The molecule has 19 heavy (non-hydrogen) atoms. The van der Waals surface area contributed by atoms with Crippen LogP contribution in [0.2, 0.25) is 0 Å². The van der Waals surface area contributed by atoms with Gasteiger partial charge in [0.2, 0.25) is 0 Å². The Bertz CT molecular complexity index is 516. The van der Waals surface area contributed by atoms with Crippen molar-refractivity contribution in [2.75, 3.05) is 39.3 Å². The number of benzene rings is 1. The van der Waals surface area contributed by atoms with Crippen LogP contribution in [0.15, 0.2) is 18.2 Å². The standard InChI is InChI=1S/C13H18N2O3S/c1-16-5-2-6-17-7-8-18-13-15-11-4-3-10(14)9-12(11)19-13/h3-4,9H,2,5-8,14H2,1H3. The van der Waals surface area contributed by atoms with E-state index < -0.39 is 0 Å². The van der Waals surface area contributed by atoms with Gasteiger partial charge in [-0.25, -0.2) is 4.98 Å². The summed E-state index contributed by atoms with van der Waals surface area (Å²) in [6.45, 7) is 2.47. The first-order valence-electron chi connectivity index (χ1n) is 6.15. The molecule has 0 aliphatic rings. The Kier molecular flexibility index (Phi) is 5.38. The van der Waals surface area contributed by atoms with E-state index in [9.17, 15) is 0 Å². The molecule has 0 atom stereocenters. The number of thiazole rings is 1. The van der Waals surface area contributed by atoms with Gasteiger partial charge in [-0.1, -0.05) is 11.3 Å². The smallest absolute Gasteiger partial charge is 0.274 e. The molecule has 0 bridgehead atoms. The number of fused-ring (bicyclic) bond motifs is 1. The molecule has 5 nitrogen and oxygen atoms in total. The van der Waals surface area contributed by atoms with Crippen LogP contribution in [0.4, 0.5) is 5.69 Å². The van der Waals surface area contributed by atoms with Gasteiger partial charge in [0.15, 0.2) is 0 Å². The highest BCUT2D eigenvalue weighted by molar-refractivity contribution is 7.20. The highest BCUT2D eigenvalue weighted by Crippen LogP contribution is 2.28. The number of ether oxygens (including phenoxy) is 3. The Morgan fingerprint density at radius 1 is 1.21 bits per heavy atom. The number of methoxy groups -OCH3 is 1. The number of anilines is 1. The minimum absolute atomic E-state index is 0.502. The van der Waals surface area contributed by atoms with E-state index in [2.05, 4.69) is 4.98 Å². The summed E-state index contributed by atoms with van der Waals surface area (Å²) in [7, 11) is 1.68. The summed E-state index contributed by atoms with van der Waals surface area (Å²) < 4.78 is 16.9. The monoisotopic (exact) mass is 282 g/mol. The van der Waals surface area contributed by atoms with Crippen molar-refractivity contribution in [3.05, 3.63) is 18.2 Å². The first-order valence-corrected chi connectivity index (χ1v) is 6.97. The van der Waals surface area contributed by atoms with Crippen LogP contribution in [0, 0.1) is 0 Å². The third-order valence-electron chi connectivity index (χ3n) is 2.48. The van der Waals surface area contributed by atoms with E-state index in [-0.39, 0.29) is 0 Å². The molecule has 0 fully saturated rings. The number of nitrogens with zero attached hydrogens (tertiary/aromatic N) is 1. The summed E-state index contributed by atoms with van der Waals surface area (Å²) in [6.07, 6.45) is 0.900. The first kappa shape index (κ1) is 14.0. The Balaban J connectivity index is 1.72. The van der Waals surface area contributed by atoms with Crippen molar-refractivity contribution >= 4 is 27.2 Å². The molecular formula is C13H18N2O3S. The lowest BCUT2D eigenvalue weighted by atomic mass is 10.3. The van der Waals surface area contributed by atoms with Gasteiger partial charge in [0.05, 0.1) is 16.8 Å². The van der Waals surface area contributed by atoms with Crippen LogP contribution < -0.4 is 10.5 Å². The Morgan fingerprint density at radius 3 is 2.95 bits per heavy atom. The molecule has 1 aromatic carbocycles. The quantitative estimate of drug-likeness (QED) is 0.594. The van der Waals surface area contributed by atoms with Crippen molar-refractivity contribution in [2.24, 2.45) is 0 Å². The van der Waals surface area contributed by atoms with Gasteiger partial charge in [-0.05, 0) is 24.6 Å². The molecule has 2 rings (SSSR count). The number of nitrogens with two attached hydrogens (primary N) is 1. The third-order valence-corrected chi connectivity index (χ3v) is 3.41. The largest absolute Gasteiger partial charge is 0.468 e. The SMILES string of the molecule is COCCCOCCOc1nc2ccc(N)cc2s1. The maximum absolute atomic E-state index is 5.72. The average Bonchev–Trinajstić information content (AvgIpc) is 2.79. The van der Waals surface area contributed by atoms with E-state index in [1.54, 1.807) is 7.11 Å². The van der Waals surface area contributed by atoms with E-state index >= 15 is 0 Å². The molecule has 0 amide bonds. The molecule has 2 N–H and O–H groups in total. The van der Waals surface area contributed by atoms with Gasteiger partial charge in [-0.3, -0.25) is 0 Å². The minimum Gasteiger partial charge on any atom is -0.468 e. The highest BCUT2D eigenvalue weighted by atomic mass is 32.1. The lowest BCUT2D eigenvalue weighted by Gasteiger charge is -2.04. The summed E-state index contributed by atoms with van der Waals surface area (Å²) in [5, 5.41) is 0.654. The molecule has 0 aliphatic heterocycles. The maximum Gasteiger partial charge on any atom is 0.274 e. The Hall–Kier alpha value is -1.37. The Labute approximate surface area is 116 Å². The van der Waals surface area contributed by atoms with Crippen molar-refractivity contribution < 1.29 is 14.2 Å². The van der Waals surface area contributed by atoms with E-state index in [0.717, 1.165) is 28.9 Å². The summed E-state index contributed by atoms with van der Waals surface area (Å²) in [4.78, 5) is 4.37. The van der Waals surface area contributed by atoms with Crippen LogP contribution in [0.25, 0.3) is 10.2 Å². The second-order valence-corrected chi connectivity index (χ2v) is 5.01. The lowest BCUT2D eigenvalue weighted by Crippen LogP contribution is -2.08. The van der Waals surface area contributed by atoms with Gasteiger partial charge in [-0.15, -0.1) is 0 Å². The fourth-order valence-electron chi connectivity index (χ4n) is 1.58. The van der Waals surface area contributed by atoms with Crippen LogP contribution in [0.1, 0.15) is 6.42 Å². The average molecular weight is 282 g/mol. The zero-order valence-electron chi connectivity index (χ0n) is 10.9. The van der Waals surface area contributed by atoms with Crippen LogP contribution in [-0.2, 0) is 9.47 Å². The molecule has 0 aliphatic carbocycles. The second-order valence-electron chi connectivity index (χ2n) is 4.01. The zero-order chi connectivity index (χ0) is 13.5. The van der Waals surface area contributed by atoms with Gasteiger partial charge in [0, 0.05) is 26.0 Å². The van der Waals surface area contributed by atoms with E-state index in [4.69, 9.17) is 19.9 Å². The summed E-state index contributed by atoms with van der Waals surface area (Å²) in [6, 6.07) is 5.64. The van der Waals surface area contributed by atoms with Gasteiger partial charge in [-0.2, -0.15) is 0 Å². The number of hydrogen-bond acceptors (Lipinski definition) is 6. The van der Waals surface area contributed by atoms with Crippen molar-refractivity contribution in [1.82, 2.24) is 4.98 Å². The van der Waals surface area contributed by atoms with Crippen molar-refractivity contribution in [3.63, 3.8) is 0 Å². The predicted octanol–water partition coefficient (Wildman–Crippen LogP) is 2.31. The van der Waals surface area contributed by atoms with Crippen molar-refractivity contribution in [3.8, 4) is 5.19 Å². The van der Waals surface area contributed by atoms with Crippen LogP contribution in [0.5, 0.6) is 5.19 Å². The number of rotatable bonds is 8. The zero-order valence-corrected chi connectivity index (χ0v) is 11.7. The molecule has 1 heterocycles. The summed E-state index contributed by atoms with van der Waals surface area (Å²) >= 11 is 1.49.